The molecule has 0 amide bonds. The molecule has 0 aliphatic carbocycles. The zero-order valence-electron chi connectivity index (χ0n) is 17.6. The van der Waals surface area contributed by atoms with Crippen LogP contribution in [0.1, 0.15) is 33.0 Å². The summed E-state index contributed by atoms with van der Waals surface area (Å²) in [7, 11) is 0. The standard InChI is InChI=1S/C26H20N4O3/c31-25-23(30-24(26(32)33)16-21(29-30)13-17-7-2-1-3-8-17)15-20(27-28-25)14-19-11-6-10-18-9-4-5-12-22(18)19/h1-12,15-16H,13-14H2,(H,28,31)(H,32,33). The summed E-state index contributed by atoms with van der Waals surface area (Å²) in [4.78, 5) is 24.5. The highest BCUT2D eigenvalue weighted by Crippen LogP contribution is 2.21. The molecule has 2 heterocycles. The number of hydrogen-bond acceptors (Lipinski definition) is 4. The van der Waals surface area contributed by atoms with Gasteiger partial charge in [0.1, 0.15) is 5.69 Å². The molecule has 0 bridgehead atoms. The number of carbonyl (C=O) groups is 1. The zero-order chi connectivity index (χ0) is 22.8. The van der Waals surface area contributed by atoms with E-state index in [1.807, 2.05) is 72.8 Å². The number of benzene rings is 3. The van der Waals surface area contributed by atoms with Gasteiger partial charge >= 0.3 is 5.97 Å². The molecule has 2 N–H and O–H groups in total. The Balaban J connectivity index is 1.54. The second kappa shape index (κ2) is 8.55. The molecule has 5 rings (SSSR count). The fourth-order valence-corrected chi connectivity index (χ4v) is 3.98. The highest BCUT2D eigenvalue weighted by atomic mass is 16.4. The van der Waals surface area contributed by atoms with E-state index in [1.54, 1.807) is 6.07 Å². The van der Waals surface area contributed by atoms with Gasteiger partial charge in [-0.1, -0.05) is 72.8 Å². The van der Waals surface area contributed by atoms with E-state index in [-0.39, 0.29) is 11.4 Å². The fourth-order valence-electron chi connectivity index (χ4n) is 3.98. The summed E-state index contributed by atoms with van der Waals surface area (Å²) in [6, 6.07) is 26.8. The van der Waals surface area contributed by atoms with Crippen molar-refractivity contribution in [1.29, 1.82) is 0 Å². The van der Waals surface area contributed by atoms with Gasteiger partial charge in [-0.05, 0) is 34.0 Å². The minimum absolute atomic E-state index is 0.0752. The molecule has 7 nitrogen and oxygen atoms in total. The van der Waals surface area contributed by atoms with E-state index >= 15 is 0 Å². The van der Waals surface area contributed by atoms with Crippen LogP contribution < -0.4 is 5.56 Å². The summed E-state index contributed by atoms with van der Waals surface area (Å²) in [5, 5.41) is 23.1. The van der Waals surface area contributed by atoms with Crippen LogP contribution in [0.4, 0.5) is 0 Å². The quantitative estimate of drug-likeness (QED) is 0.419. The monoisotopic (exact) mass is 436 g/mol. The van der Waals surface area contributed by atoms with E-state index in [0.717, 1.165) is 21.9 Å². The first-order valence-electron chi connectivity index (χ1n) is 10.5. The number of H-pyrrole nitrogens is 1. The first-order chi connectivity index (χ1) is 16.1. The molecule has 5 aromatic rings. The Kier molecular flexibility index (Phi) is 5.28. The van der Waals surface area contributed by atoms with Gasteiger partial charge < -0.3 is 5.11 Å². The Labute approximate surface area is 189 Å². The van der Waals surface area contributed by atoms with Crippen molar-refractivity contribution in [2.45, 2.75) is 12.8 Å². The van der Waals surface area contributed by atoms with Gasteiger partial charge in [0.25, 0.3) is 5.56 Å². The van der Waals surface area contributed by atoms with Crippen molar-refractivity contribution in [2.24, 2.45) is 0 Å². The number of aromatic nitrogens is 4. The van der Waals surface area contributed by atoms with Crippen LogP contribution in [0.15, 0.2) is 89.7 Å². The molecule has 0 radical (unpaired) electrons. The van der Waals surface area contributed by atoms with E-state index in [1.165, 1.54) is 10.7 Å². The Hall–Kier alpha value is -4.52. The number of nitrogens with one attached hydrogen (secondary N) is 1. The lowest BCUT2D eigenvalue weighted by molar-refractivity contribution is 0.0687. The lowest BCUT2D eigenvalue weighted by Gasteiger charge is -2.08. The van der Waals surface area contributed by atoms with Gasteiger partial charge in [0.05, 0.1) is 11.4 Å². The van der Waals surface area contributed by atoms with Gasteiger partial charge in [0, 0.05) is 12.8 Å². The van der Waals surface area contributed by atoms with Gasteiger partial charge in [-0.25, -0.2) is 14.6 Å². The van der Waals surface area contributed by atoms with E-state index in [9.17, 15) is 14.7 Å². The summed E-state index contributed by atoms with van der Waals surface area (Å²) in [6.45, 7) is 0. The minimum Gasteiger partial charge on any atom is -0.477 e. The number of carboxylic acid groups (broad SMARTS) is 1. The van der Waals surface area contributed by atoms with E-state index in [4.69, 9.17) is 0 Å². The van der Waals surface area contributed by atoms with E-state index < -0.39 is 11.5 Å². The highest BCUT2D eigenvalue weighted by Gasteiger charge is 2.19. The van der Waals surface area contributed by atoms with Crippen LogP contribution in [-0.4, -0.2) is 31.1 Å². The molecule has 162 valence electrons. The smallest absolute Gasteiger partial charge is 0.354 e. The second-order valence-corrected chi connectivity index (χ2v) is 7.79. The number of fused-ring (bicyclic) bond motifs is 1. The molecule has 7 heteroatoms. The predicted molar refractivity (Wildman–Crippen MR) is 125 cm³/mol. The van der Waals surface area contributed by atoms with Crippen LogP contribution >= 0.6 is 0 Å². The summed E-state index contributed by atoms with van der Waals surface area (Å²) < 4.78 is 1.19. The van der Waals surface area contributed by atoms with Crippen LogP contribution in [0, 0.1) is 0 Å². The lowest BCUT2D eigenvalue weighted by Crippen LogP contribution is -2.21. The molecule has 0 fully saturated rings. The highest BCUT2D eigenvalue weighted by molar-refractivity contribution is 5.87. The minimum atomic E-state index is -1.16. The van der Waals surface area contributed by atoms with Crippen molar-refractivity contribution >= 4 is 16.7 Å². The number of aromatic carboxylic acids is 1. The Morgan fingerprint density at radius 1 is 0.879 bits per heavy atom. The number of carboxylic acids is 1. The van der Waals surface area contributed by atoms with E-state index in [0.29, 0.717) is 24.2 Å². The average molecular weight is 436 g/mol. The molecule has 0 saturated heterocycles. The Morgan fingerprint density at radius 3 is 2.45 bits per heavy atom. The molecule has 0 spiro atoms. The average Bonchev–Trinajstić information content (AvgIpc) is 3.25. The van der Waals surface area contributed by atoms with Gasteiger partial charge in [-0.3, -0.25) is 4.79 Å². The van der Waals surface area contributed by atoms with Gasteiger partial charge in [-0.15, -0.1) is 0 Å². The molecule has 0 saturated carbocycles. The molecule has 0 aliphatic rings. The van der Waals surface area contributed by atoms with Crippen molar-refractivity contribution < 1.29 is 9.90 Å². The predicted octanol–water partition coefficient (Wildman–Crippen LogP) is 3.99. The first kappa shape index (κ1) is 20.4. The lowest BCUT2D eigenvalue weighted by atomic mass is 10.0. The molecular formula is C26H20N4O3. The first-order valence-corrected chi connectivity index (χ1v) is 10.5. The maximum atomic E-state index is 12.6. The zero-order valence-corrected chi connectivity index (χ0v) is 17.6. The maximum Gasteiger partial charge on any atom is 0.354 e. The van der Waals surface area contributed by atoms with Crippen LogP contribution in [-0.2, 0) is 12.8 Å². The van der Waals surface area contributed by atoms with Crippen molar-refractivity contribution in [3.05, 3.63) is 123 Å². The topological polar surface area (TPSA) is 101 Å². The Morgan fingerprint density at radius 2 is 1.64 bits per heavy atom. The normalized spacial score (nSPS) is 11.0. The van der Waals surface area contributed by atoms with Crippen molar-refractivity contribution in [2.75, 3.05) is 0 Å². The van der Waals surface area contributed by atoms with Crippen LogP contribution in [0.2, 0.25) is 0 Å². The maximum absolute atomic E-state index is 12.6. The van der Waals surface area contributed by atoms with Gasteiger partial charge in [-0.2, -0.15) is 10.2 Å². The third-order valence-electron chi connectivity index (χ3n) is 5.52. The second-order valence-electron chi connectivity index (χ2n) is 7.79. The molecule has 33 heavy (non-hydrogen) atoms. The molecule has 0 aliphatic heterocycles. The molecular weight excluding hydrogens is 416 g/mol. The third kappa shape index (κ3) is 4.16. The number of rotatable bonds is 6. The van der Waals surface area contributed by atoms with Crippen molar-refractivity contribution in [1.82, 2.24) is 20.0 Å². The summed E-state index contributed by atoms with van der Waals surface area (Å²) in [5.74, 6) is -1.16. The summed E-state index contributed by atoms with van der Waals surface area (Å²) in [6.07, 6.45) is 0.936. The molecule has 3 aromatic carbocycles. The van der Waals surface area contributed by atoms with Crippen LogP contribution in [0.3, 0.4) is 0 Å². The van der Waals surface area contributed by atoms with Gasteiger partial charge in [0.15, 0.2) is 5.69 Å². The largest absolute Gasteiger partial charge is 0.477 e. The number of aromatic amines is 1. The number of hydrogen-bond donors (Lipinski definition) is 2. The molecule has 0 atom stereocenters. The van der Waals surface area contributed by atoms with Crippen LogP contribution in [0.25, 0.3) is 16.5 Å². The van der Waals surface area contributed by atoms with Crippen molar-refractivity contribution in [3.8, 4) is 5.69 Å². The summed E-state index contributed by atoms with van der Waals surface area (Å²) >= 11 is 0. The fraction of sp³-hybridized carbons (Fsp3) is 0.0769. The molecule has 2 aromatic heterocycles. The molecule has 0 unspecified atom stereocenters. The van der Waals surface area contributed by atoms with Crippen LogP contribution in [0.5, 0.6) is 0 Å². The summed E-state index contributed by atoms with van der Waals surface area (Å²) in [5.41, 5.74) is 2.77. The van der Waals surface area contributed by atoms with Crippen molar-refractivity contribution in [3.63, 3.8) is 0 Å². The SMILES string of the molecule is O=C(O)c1cc(Cc2ccccc2)nn1-c1cc(Cc2cccc3ccccc23)n[nH]c1=O. The number of nitrogens with zero attached hydrogens (tertiary/aromatic N) is 3. The Bertz CT molecular complexity index is 1510. The third-order valence-corrected chi connectivity index (χ3v) is 5.52. The van der Waals surface area contributed by atoms with Gasteiger partial charge in [0.2, 0.25) is 0 Å². The van der Waals surface area contributed by atoms with E-state index in [2.05, 4.69) is 15.3 Å².